The van der Waals surface area contributed by atoms with Crippen LogP contribution >= 0.6 is 0 Å². The van der Waals surface area contributed by atoms with Crippen LogP contribution in [0.25, 0.3) is 21.8 Å². The molecule has 0 bridgehead atoms. The normalized spacial score (nSPS) is 13.9. The molecule has 2 aromatic carbocycles. The molecular formula is C30H27N9O4. The van der Waals surface area contributed by atoms with Gasteiger partial charge in [-0.15, -0.1) is 0 Å². The number of carbonyl (C=O) groups excluding carboxylic acids is 2. The number of para-hydroxylation sites is 2. The van der Waals surface area contributed by atoms with Crippen molar-refractivity contribution in [3.8, 4) is 0 Å². The third kappa shape index (κ3) is 4.66. The molecule has 4 heterocycles. The van der Waals surface area contributed by atoms with Crippen LogP contribution in [-0.2, 0) is 9.59 Å². The number of hydrogen-bond donors (Lipinski definition) is 4. The number of fused-ring (bicyclic) bond motifs is 2. The lowest BCUT2D eigenvalue weighted by molar-refractivity contribution is -0.114. The van der Waals surface area contributed by atoms with E-state index in [1.165, 1.54) is 6.20 Å². The molecule has 216 valence electrons. The van der Waals surface area contributed by atoms with Crippen molar-refractivity contribution in [2.75, 3.05) is 10.9 Å². The van der Waals surface area contributed by atoms with Crippen LogP contribution in [0.5, 0.6) is 0 Å². The number of rotatable bonds is 5. The first kappa shape index (κ1) is 27.3. The number of aromatic nitrogens is 6. The molecule has 0 radical (unpaired) electrons. The molecule has 2 amide bonds. The highest BCUT2D eigenvalue weighted by molar-refractivity contribution is 6.08. The van der Waals surface area contributed by atoms with Gasteiger partial charge in [0.2, 0.25) is 0 Å². The standard InChI is InChI=1S/C30H27N9O4/c1-15-23(27(40)36-38-17(3)34-21-11-7-5-9-19(21)29(38)42)25(26-31-13-14-32-26)24(16(2)33-15)28(41)37-39-18(4)35-22-12-8-6-10-20(22)30(39)43/h5-14,25,33H,1-4H3,(H,31,32)(H,36,40)(H,37,41). The maximum absolute atomic E-state index is 14.0. The Hall–Kier alpha value is -5.85. The minimum atomic E-state index is -0.981. The van der Waals surface area contributed by atoms with Gasteiger partial charge in [-0.1, -0.05) is 24.3 Å². The lowest BCUT2D eigenvalue weighted by Crippen LogP contribution is -2.42. The van der Waals surface area contributed by atoms with Gasteiger partial charge in [0.15, 0.2) is 0 Å². The molecule has 4 N–H and O–H groups in total. The van der Waals surface area contributed by atoms with Gasteiger partial charge in [0.25, 0.3) is 22.9 Å². The van der Waals surface area contributed by atoms with E-state index in [1.807, 2.05) is 0 Å². The fourth-order valence-electron chi connectivity index (χ4n) is 5.38. The summed E-state index contributed by atoms with van der Waals surface area (Å²) in [5, 5.41) is 3.79. The molecule has 1 aliphatic heterocycles. The van der Waals surface area contributed by atoms with Gasteiger partial charge >= 0.3 is 0 Å². The van der Waals surface area contributed by atoms with E-state index in [1.54, 1.807) is 82.4 Å². The van der Waals surface area contributed by atoms with Crippen LogP contribution in [0.1, 0.15) is 37.2 Å². The van der Waals surface area contributed by atoms with Crippen molar-refractivity contribution in [1.29, 1.82) is 0 Å². The van der Waals surface area contributed by atoms with Crippen LogP contribution in [0.4, 0.5) is 0 Å². The van der Waals surface area contributed by atoms with Gasteiger partial charge in [-0.25, -0.2) is 24.3 Å². The lowest BCUT2D eigenvalue weighted by Gasteiger charge is -2.30. The predicted molar refractivity (Wildman–Crippen MR) is 160 cm³/mol. The SMILES string of the molecule is CC1=C(C(=O)Nn2c(C)nc3ccccc3c2=O)C(c2ncc[nH]2)C(C(=O)Nn2c(C)nc3ccccc3c2=O)=C(C)N1. The predicted octanol–water partition coefficient (Wildman–Crippen LogP) is 2.22. The Morgan fingerprint density at radius 3 is 1.65 bits per heavy atom. The highest BCUT2D eigenvalue weighted by atomic mass is 16.2. The summed E-state index contributed by atoms with van der Waals surface area (Å²) in [6.45, 7) is 6.61. The summed E-state index contributed by atoms with van der Waals surface area (Å²) in [4.78, 5) is 70.8. The maximum Gasteiger partial charge on any atom is 0.280 e. The van der Waals surface area contributed by atoms with Crippen molar-refractivity contribution in [3.05, 3.63) is 122 Å². The minimum Gasteiger partial charge on any atom is -0.362 e. The Morgan fingerprint density at radius 2 is 1.21 bits per heavy atom. The van der Waals surface area contributed by atoms with Gasteiger partial charge in [-0.2, -0.15) is 0 Å². The van der Waals surface area contributed by atoms with Crippen molar-refractivity contribution in [1.82, 2.24) is 34.6 Å². The molecule has 13 heteroatoms. The molecule has 13 nitrogen and oxygen atoms in total. The number of amides is 2. The second-order valence-corrected chi connectivity index (χ2v) is 10.1. The zero-order chi connectivity index (χ0) is 30.4. The molecular weight excluding hydrogens is 550 g/mol. The summed E-state index contributed by atoms with van der Waals surface area (Å²) in [5.74, 6) is -1.41. The summed E-state index contributed by atoms with van der Waals surface area (Å²) in [5.41, 5.74) is 6.64. The van der Waals surface area contributed by atoms with Gasteiger partial charge < -0.3 is 10.3 Å². The van der Waals surface area contributed by atoms with E-state index >= 15 is 0 Å². The fourth-order valence-corrected chi connectivity index (χ4v) is 5.38. The highest BCUT2D eigenvalue weighted by Crippen LogP contribution is 2.37. The van der Waals surface area contributed by atoms with Crippen LogP contribution < -0.4 is 27.3 Å². The summed E-state index contributed by atoms with van der Waals surface area (Å²) in [7, 11) is 0. The van der Waals surface area contributed by atoms with Crippen LogP contribution in [0, 0.1) is 13.8 Å². The van der Waals surface area contributed by atoms with Gasteiger partial charge in [0.05, 0.1) is 38.9 Å². The quantitative estimate of drug-likeness (QED) is 0.247. The van der Waals surface area contributed by atoms with E-state index in [-0.39, 0.29) is 22.8 Å². The number of imidazole rings is 1. The van der Waals surface area contributed by atoms with E-state index in [2.05, 4.69) is 36.1 Å². The Balaban J connectivity index is 1.41. The highest BCUT2D eigenvalue weighted by Gasteiger charge is 2.38. The third-order valence-electron chi connectivity index (χ3n) is 7.36. The molecule has 0 fully saturated rings. The van der Waals surface area contributed by atoms with Crippen LogP contribution in [0.15, 0.2) is 93.1 Å². The Morgan fingerprint density at radius 1 is 0.744 bits per heavy atom. The number of aryl methyl sites for hydroxylation is 2. The van der Waals surface area contributed by atoms with Crippen LogP contribution in [0.2, 0.25) is 0 Å². The average molecular weight is 578 g/mol. The smallest absolute Gasteiger partial charge is 0.280 e. The molecule has 0 spiro atoms. The van der Waals surface area contributed by atoms with Gasteiger partial charge in [0.1, 0.15) is 17.5 Å². The number of hydrogen-bond acceptors (Lipinski definition) is 8. The number of H-pyrrole nitrogens is 1. The van der Waals surface area contributed by atoms with E-state index < -0.39 is 28.9 Å². The molecule has 6 rings (SSSR count). The van der Waals surface area contributed by atoms with Crippen molar-refractivity contribution in [2.24, 2.45) is 0 Å². The second-order valence-electron chi connectivity index (χ2n) is 10.1. The van der Waals surface area contributed by atoms with Gasteiger partial charge in [-0.3, -0.25) is 30.0 Å². The topological polar surface area (TPSA) is 169 Å². The molecule has 0 saturated heterocycles. The van der Waals surface area contributed by atoms with Crippen molar-refractivity contribution >= 4 is 33.6 Å². The Labute approximate surface area is 244 Å². The van der Waals surface area contributed by atoms with Crippen LogP contribution in [-0.4, -0.2) is 41.1 Å². The molecule has 0 saturated carbocycles. The summed E-state index contributed by atoms with van der Waals surface area (Å²) >= 11 is 0. The number of nitrogens with one attached hydrogen (secondary N) is 4. The molecule has 3 aromatic heterocycles. The number of nitrogens with zero attached hydrogens (tertiary/aromatic N) is 5. The zero-order valence-electron chi connectivity index (χ0n) is 23.7. The zero-order valence-corrected chi connectivity index (χ0v) is 23.7. The lowest BCUT2D eigenvalue weighted by atomic mass is 9.84. The van der Waals surface area contributed by atoms with E-state index in [4.69, 9.17) is 0 Å². The summed E-state index contributed by atoms with van der Waals surface area (Å²) < 4.78 is 2.16. The number of dihydropyridines is 1. The second kappa shape index (κ2) is 10.5. The average Bonchev–Trinajstić information content (AvgIpc) is 3.52. The monoisotopic (exact) mass is 577 g/mol. The number of carbonyl (C=O) groups is 2. The van der Waals surface area contributed by atoms with Crippen molar-refractivity contribution in [3.63, 3.8) is 0 Å². The summed E-state index contributed by atoms with van der Waals surface area (Å²) in [6, 6.07) is 13.7. The number of benzene rings is 2. The van der Waals surface area contributed by atoms with Gasteiger partial charge in [0, 0.05) is 23.8 Å². The third-order valence-corrected chi connectivity index (χ3v) is 7.36. The van der Waals surface area contributed by atoms with Crippen molar-refractivity contribution < 1.29 is 9.59 Å². The number of allylic oxidation sites excluding steroid dienone is 2. The number of aromatic amines is 1. The maximum atomic E-state index is 14.0. The fraction of sp³-hybridized carbons (Fsp3) is 0.167. The molecule has 0 unspecified atom stereocenters. The molecule has 0 atom stereocenters. The molecule has 43 heavy (non-hydrogen) atoms. The molecule has 1 aliphatic rings. The van der Waals surface area contributed by atoms with E-state index in [0.29, 0.717) is 39.0 Å². The Kier molecular flexibility index (Phi) is 6.69. The van der Waals surface area contributed by atoms with E-state index in [0.717, 1.165) is 9.35 Å². The van der Waals surface area contributed by atoms with E-state index in [9.17, 15) is 19.2 Å². The van der Waals surface area contributed by atoms with Crippen molar-refractivity contribution in [2.45, 2.75) is 33.6 Å². The van der Waals surface area contributed by atoms with Crippen LogP contribution in [0.3, 0.4) is 0 Å². The first-order valence-electron chi connectivity index (χ1n) is 13.4. The molecule has 0 aliphatic carbocycles. The largest absolute Gasteiger partial charge is 0.362 e. The first-order valence-corrected chi connectivity index (χ1v) is 13.4. The first-order chi connectivity index (χ1) is 20.7. The minimum absolute atomic E-state index is 0.144. The molecule has 5 aromatic rings. The Bertz CT molecular complexity index is 2000. The van der Waals surface area contributed by atoms with Gasteiger partial charge in [-0.05, 0) is 52.0 Å². The summed E-state index contributed by atoms with van der Waals surface area (Å²) in [6.07, 6.45) is 3.09.